The molecule has 0 atom stereocenters. The van der Waals surface area contributed by atoms with Crippen molar-refractivity contribution < 1.29 is 0 Å². The first-order chi connectivity index (χ1) is 33.7. The summed E-state index contributed by atoms with van der Waals surface area (Å²) in [5.41, 5.74) is 21.3. The third-order valence-corrected chi connectivity index (χ3v) is 13.6. The summed E-state index contributed by atoms with van der Waals surface area (Å²) in [5.74, 6) is 0. The number of benzene rings is 11. The monoisotopic (exact) mass is 864 g/mol. The SMILES string of the molecule is c1ccc(-c2cc(-c3ccccc3)cc(-c3ccc4c(c3)c3cc5c6cc(-c7cc(-c8ccccc8)cc(-c8ccccc8)c7)ccc6n(-c6ccccc6)c5cc3n4-c3ccccc3)c2)cc1. The fourth-order valence-electron chi connectivity index (χ4n) is 10.4. The van der Waals surface area contributed by atoms with Gasteiger partial charge in [0.1, 0.15) is 0 Å². The number of fused-ring (bicyclic) bond motifs is 6. The molecule has 0 saturated heterocycles. The smallest absolute Gasteiger partial charge is 0.0562 e. The van der Waals surface area contributed by atoms with Crippen molar-refractivity contribution in [3.8, 4) is 78.1 Å². The van der Waals surface area contributed by atoms with E-state index in [1.165, 1.54) is 110 Å². The van der Waals surface area contributed by atoms with E-state index in [0.29, 0.717) is 0 Å². The molecule has 0 spiro atoms. The molecule has 318 valence electrons. The van der Waals surface area contributed by atoms with E-state index in [0.717, 1.165) is 11.4 Å². The van der Waals surface area contributed by atoms with Gasteiger partial charge in [0, 0.05) is 32.9 Å². The van der Waals surface area contributed by atoms with E-state index in [4.69, 9.17) is 0 Å². The third-order valence-electron chi connectivity index (χ3n) is 13.6. The van der Waals surface area contributed by atoms with E-state index >= 15 is 0 Å². The van der Waals surface area contributed by atoms with Gasteiger partial charge in [-0.3, -0.25) is 0 Å². The van der Waals surface area contributed by atoms with Crippen LogP contribution in [0.1, 0.15) is 0 Å². The highest BCUT2D eigenvalue weighted by Gasteiger charge is 2.21. The first kappa shape index (κ1) is 39.4. The average Bonchev–Trinajstić information content (AvgIpc) is 3.92. The van der Waals surface area contributed by atoms with Crippen molar-refractivity contribution >= 4 is 43.6 Å². The lowest BCUT2D eigenvalue weighted by atomic mass is 9.92. The number of aromatic nitrogens is 2. The van der Waals surface area contributed by atoms with Crippen molar-refractivity contribution in [1.29, 1.82) is 0 Å². The Morgan fingerprint density at radius 1 is 0.162 bits per heavy atom. The van der Waals surface area contributed by atoms with Gasteiger partial charge in [0.05, 0.1) is 22.1 Å². The molecule has 0 radical (unpaired) electrons. The molecule has 11 aromatic carbocycles. The molecule has 2 nitrogen and oxygen atoms in total. The molecule has 0 aliphatic carbocycles. The molecular weight excluding hydrogens is 821 g/mol. The van der Waals surface area contributed by atoms with Gasteiger partial charge in [-0.2, -0.15) is 0 Å². The Hall–Kier alpha value is -8.98. The standard InChI is InChI=1S/C66H44N2/c1-7-19-45(20-8-1)51-35-52(46-21-9-2-10-22-46)38-55(37-51)49-31-33-63-59(41-49)61-43-62-60-42-50(56-39-53(47-23-11-3-12-24-47)36-54(40-56)48-25-13-4-14-26-48)32-34-64(60)68(58-29-17-6-18-30-58)66(62)44-65(61)67(63)57-27-15-5-16-28-57/h1-44H. The van der Waals surface area contributed by atoms with Crippen LogP contribution in [0.2, 0.25) is 0 Å². The molecule has 0 bridgehead atoms. The van der Waals surface area contributed by atoms with Gasteiger partial charge in [-0.15, -0.1) is 0 Å². The summed E-state index contributed by atoms with van der Waals surface area (Å²) >= 11 is 0. The van der Waals surface area contributed by atoms with Crippen LogP contribution in [0.4, 0.5) is 0 Å². The van der Waals surface area contributed by atoms with Crippen LogP contribution in [0.15, 0.2) is 267 Å². The summed E-state index contributed by atoms with van der Waals surface area (Å²) in [6.07, 6.45) is 0. The van der Waals surface area contributed by atoms with Crippen LogP contribution < -0.4 is 0 Å². The van der Waals surface area contributed by atoms with Gasteiger partial charge >= 0.3 is 0 Å². The summed E-state index contributed by atoms with van der Waals surface area (Å²) < 4.78 is 4.89. The average molecular weight is 865 g/mol. The Bertz CT molecular complexity index is 3590. The van der Waals surface area contributed by atoms with Crippen LogP contribution in [0.5, 0.6) is 0 Å². The maximum absolute atomic E-state index is 2.47. The fraction of sp³-hybridized carbons (Fsp3) is 0. The first-order valence-electron chi connectivity index (χ1n) is 23.4. The largest absolute Gasteiger partial charge is 0.309 e. The van der Waals surface area contributed by atoms with Crippen molar-refractivity contribution in [2.24, 2.45) is 0 Å². The molecule has 0 aliphatic rings. The predicted octanol–water partition coefficient (Wildman–Crippen LogP) is 17.9. The van der Waals surface area contributed by atoms with E-state index in [9.17, 15) is 0 Å². The number of para-hydroxylation sites is 2. The second-order valence-corrected chi connectivity index (χ2v) is 17.8. The Kier molecular flexibility index (Phi) is 9.54. The second kappa shape index (κ2) is 16.5. The van der Waals surface area contributed by atoms with Gasteiger partial charge in [0.25, 0.3) is 0 Å². The first-order valence-corrected chi connectivity index (χ1v) is 23.4. The molecule has 0 saturated carbocycles. The van der Waals surface area contributed by atoms with Gasteiger partial charge in [0.15, 0.2) is 0 Å². The van der Waals surface area contributed by atoms with Crippen molar-refractivity contribution in [3.05, 3.63) is 267 Å². The maximum Gasteiger partial charge on any atom is 0.0562 e. The topological polar surface area (TPSA) is 9.86 Å². The summed E-state index contributed by atoms with van der Waals surface area (Å²) in [6.45, 7) is 0. The molecule has 0 amide bonds. The molecule has 0 fully saturated rings. The van der Waals surface area contributed by atoms with Crippen LogP contribution in [0, 0.1) is 0 Å². The number of rotatable bonds is 8. The molecule has 13 rings (SSSR count). The minimum Gasteiger partial charge on any atom is -0.309 e. The molecule has 13 aromatic rings. The van der Waals surface area contributed by atoms with Crippen LogP contribution in [-0.4, -0.2) is 9.13 Å². The summed E-state index contributed by atoms with van der Waals surface area (Å²) in [6, 6.07) is 97.6. The van der Waals surface area contributed by atoms with Gasteiger partial charge in [0.2, 0.25) is 0 Å². The molecule has 2 heteroatoms. The molecule has 2 aromatic heterocycles. The predicted molar refractivity (Wildman–Crippen MR) is 288 cm³/mol. The normalized spacial score (nSPS) is 11.5. The molecule has 0 aliphatic heterocycles. The van der Waals surface area contributed by atoms with Gasteiger partial charge < -0.3 is 9.13 Å². The Labute approximate surface area is 395 Å². The zero-order valence-corrected chi connectivity index (χ0v) is 37.3. The fourth-order valence-corrected chi connectivity index (χ4v) is 10.4. The van der Waals surface area contributed by atoms with Crippen molar-refractivity contribution in [2.75, 3.05) is 0 Å². The highest BCUT2D eigenvalue weighted by molar-refractivity contribution is 6.20. The molecular formula is C66H44N2. The second-order valence-electron chi connectivity index (χ2n) is 17.8. The van der Waals surface area contributed by atoms with Crippen molar-refractivity contribution in [1.82, 2.24) is 9.13 Å². The molecule has 2 heterocycles. The van der Waals surface area contributed by atoms with E-state index in [2.05, 4.69) is 276 Å². The van der Waals surface area contributed by atoms with E-state index in [-0.39, 0.29) is 0 Å². The zero-order chi connectivity index (χ0) is 45.0. The van der Waals surface area contributed by atoms with Gasteiger partial charge in [-0.05, 0) is 164 Å². The van der Waals surface area contributed by atoms with Crippen LogP contribution in [0.25, 0.3) is 122 Å². The van der Waals surface area contributed by atoms with Crippen LogP contribution >= 0.6 is 0 Å². The Morgan fingerprint density at radius 2 is 0.426 bits per heavy atom. The van der Waals surface area contributed by atoms with E-state index < -0.39 is 0 Å². The van der Waals surface area contributed by atoms with E-state index in [1.807, 2.05) is 0 Å². The van der Waals surface area contributed by atoms with Gasteiger partial charge in [-0.1, -0.05) is 170 Å². The van der Waals surface area contributed by atoms with Crippen LogP contribution in [-0.2, 0) is 0 Å². The molecule has 68 heavy (non-hydrogen) atoms. The number of hydrogen-bond donors (Lipinski definition) is 0. The summed E-state index contributed by atoms with van der Waals surface area (Å²) in [4.78, 5) is 0. The highest BCUT2D eigenvalue weighted by Crippen LogP contribution is 2.43. The molecule has 0 unspecified atom stereocenters. The summed E-state index contributed by atoms with van der Waals surface area (Å²) in [7, 11) is 0. The van der Waals surface area contributed by atoms with Crippen molar-refractivity contribution in [3.63, 3.8) is 0 Å². The number of nitrogens with zero attached hydrogens (tertiary/aromatic N) is 2. The minimum absolute atomic E-state index is 1.13. The summed E-state index contributed by atoms with van der Waals surface area (Å²) in [5, 5.41) is 4.87. The minimum atomic E-state index is 1.13. The lowest BCUT2D eigenvalue weighted by molar-refractivity contribution is 1.16. The van der Waals surface area contributed by atoms with Gasteiger partial charge in [-0.25, -0.2) is 0 Å². The Balaban J connectivity index is 1.07. The number of hydrogen-bond acceptors (Lipinski definition) is 0. The lowest BCUT2D eigenvalue weighted by Gasteiger charge is -2.12. The zero-order valence-electron chi connectivity index (χ0n) is 37.3. The quantitative estimate of drug-likeness (QED) is 0.144. The third kappa shape index (κ3) is 6.90. The maximum atomic E-state index is 2.47. The van der Waals surface area contributed by atoms with Crippen LogP contribution in [0.3, 0.4) is 0 Å². The lowest BCUT2D eigenvalue weighted by Crippen LogP contribution is -1.95. The Morgan fingerprint density at radius 3 is 0.735 bits per heavy atom. The van der Waals surface area contributed by atoms with E-state index in [1.54, 1.807) is 0 Å². The highest BCUT2D eigenvalue weighted by atomic mass is 15.0. The molecule has 0 N–H and O–H groups in total. The van der Waals surface area contributed by atoms with Crippen molar-refractivity contribution in [2.45, 2.75) is 0 Å².